The topological polar surface area (TPSA) is 105 Å². The van der Waals surface area contributed by atoms with Crippen molar-refractivity contribution in [2.45, 2.75) is 26.5 Å². The largest absolute Gasteiger partial charge is 0.487 e. The van der Waals surface area contributed by atoms with E-state index >= 15 is 0 Å². The summed E-state index contributed by atoms with van der Waals surface area (Å²) in [7, 11) is 0. The molecule has 0 saturated heterocycles. The van der Waals surface area contributed by atoms with Crippen LogP contribution < -0.4 is 10.5 Å². The minimum atomic E-state index is -0.00521. The van der Waals surface area contributed by atoms with Gasteiger partial charge in [-0.05, 0) is 29.8 Å². The molecule has 30 heavy (non-hydrogen) atoms. The molecule has 1 aromatic carbocycles. The lowest BCUT2D eigenvalue weighted by atomic mass is 9.91. The zero-order valence-electron chi connectivity index (χ0n) is 16.6. The Bertz CT molecular complexity index is 1140. The average molecular weight is 399 g/mol. The first-order chi connectivity index (χ1) is 14.6. The summed E-state index contributed by atoms with van der Waals surface area (Å²) in [6.45, 7) is 2.88. The highest BCUT2D eigenvalue weighted by Gasteiger charge is 2.26. The fourth-order valence-corrected chi connectivity index (χ4v) is 3.66. The molecule has 150 valence electrons. The first-order valence-electron chi connectivity index (χ1n) is 9.66. The number of nitrogens with two attached hydrogens (primary N) is 1. The predicted octanol–water partition coefficient (Wildman–Crippen LogP) is 3.08. The lowest BCUT2D eigenvalue weighted by Gasteiger charge is -2.29. The molecule has 7 heteroatoms. The van der Waals surface area contributed by atoms with Crippen molar-refractivity contribution in [1.29, 1.82) is 5.26 Å². The molecule has 0 atom stereocenters. The summed E-state index contributed by atoms with van der Waals surface area (Å²) in [5.74, 6) is 0.863. The van der Waals surface area contributed by atoms with Gasteiger partial charge in [-0.2, -0.15) is 5.26 Å². The first kappa shape index (κ1) is 19.4. The van der Waals surface area contributed by atoms with Crippen molar-refractivity contribution in [2.24, 2.45) is 0 Å². The van der Waals surface area contributed by atoms with Gasteiger partial charge < -0.3 is 15.4 Å². The number of anilines is 1. The zero-order valence-corrected chi connectivity index (χ0v) is 16.6. The van der Waals surface area contributed by atoms with E-state index in [0.717, 1.165) is 22.5 Å². The third-order valence-electron chi connectivity index (χ3n) is 5.17. The molecule has 0 fully saturated rings. The number of nitriles is 1. The van der Waals surface area contributed by atoms with E-state index in [2.05, 4.69) is 16.0 Å². The second kappa shape index (κ2) is 8.21. The molecular formula is C23H21N5O2. The number of pyridine rings is 2. The quantitative estimate of drug-likeness (QED) is 0.723. The summed E-state index contributed by atoms with van der Waals surface area (Å²) in [5.41, 5.74) is 10.5. The SMILES string of the molecule is CC(=O)N1CCc2nc(N)c(C#N)c(-c3cccc(OCc4ccccn4)c3)c2C1. The molecule has 0 spiro atoms. The summed E-state index contributed by atoms with van der Waals surface area (Å²) in [5, 5.41) is 9.77. The Morgan fingerprint density at radius 3 is 2.90 bits per heavy atom. The van der Waals surface area contributed by atoms with Crippen LogP contribution in [0.4, 0.5) is 5.82 Å². The second-order valence-electron chi connectivity index (χ2n) is 7.11. The molecule has 0 saturated carbocycles. The van der Waals surface area contributed by atoms with Gasteiger partial charge in [0.1, 0.15) is 29.8 Å². The number of benzene rings is 1. The summed E-state index contributed by atoms with van der Waals surface area (Å²) >= 11 is 0. The highest BCUT2D eigenvalue weighted by atomic mass is 16.5. The van der Waals surface area contributed by atoms with Crippen LogP contribution in [-0.4, -0.2) is 27.3 Å². The number of carbonyl (C=O) groups excluding carboxylic acids is 1. The van der Waals surface area contributed by atoms with Crippen molar-refractivity contribution in [3.8, 4) is 22.9 Å². The molecule has 4 rings (SSSR count). The zero-order chi connectivity index (χ0) is 21.1. The Hall–Kier alpha value is -3.92. The highest BCUT2D eigenvalue weighted by molar-refractivity contribution is 5.81. The highest BCUT2D eigenvalue weighted by Crippen LogP contribution is 2.36. The Morgan fingerprint density at radius 1 is 1.30 bits per heavy atom. The van der Waals surface area contributed by atoms with Crippen molar-refractivity contribution in [3.05, 3.63) is 71.2 Å². The van der Waals surface area contributed by atoms with Gasteiger partial charge in [-0.15, -0.1) is 0 Å². The van der Waals surface area contributed by atoms with Gasteiger partial charge in [-0.1, -0.05) is 18.2 Å². The number of rotatable bonds is 4. The lowest BCUT2D eigenvalue weighted by molar-refractivity contribution is -0.129. The normalized spacial score (nSPS) is 12.7. The Labute approximate surface area is 174 Å². The standard InChI is InChI=1S/C23H21N5O2/c1-15(29)28-10-8-21-20(13-28)22(19(12-24)23(25)27-21)16-5-4-7-18(11-16)30-14-17-6-2-3-9-26-17/h2-7,9,11H,8,10,13-14H2,1H3,(H2,25,27). The van der Waals surface area contributed by atoms with Crippen LogP contribution in [0.2, 0.25) is 0 Å². The van der Waals surface area contributed by atoms with Crippen LogP contribution in [0.15, 0.2) is 48.7 Å². The third kappa shape index (κ3) is 3.80. The molecule has 0 aliphatic carbocycles. The van der Waals surface area contributed by atoms with Crippen LogP contribution in [-0.2, 0) is 24.4 Å². The van der Waals surface area contributed by atoms with Crippen molar-refractivity contribution in [3.63, 3.8) is 0 Å². The molecule has 1 aliphatic rings. The van der Waals surface area contributed by atoms with Crippen molar-refractivity contribution < 1.29 is 9.53 Å². The van der Waals surface area contributed by atoms with Gasteiger partial charge in [0.15, 0.2) is 0 Å². The van der Waals surface area contributed by atoms with E-state index in [1.54, 1.807) is 18.0 Å². The Morgan fingerprint density at radius 2 is 2.17 bits per heavy atom. The van der Waals surface area contributed by atoms with E-state index in [1.165, 1.54) is 0 Å². The number of ether oxygens (including phenoxy) is 1. The smallest absolute Gasteiger partial charge is 0.219 e. The van der Waals surface area contributed by atoms with E-state index in [-0.39, 0.29) is 11.7 Å². The van der Waals surface area contributed by atoms with Crippen LogP contribution in [0.5, 0.6) is 5.75 Å². The maximum atomic E-state index is 11.9. The monoisotopic (exact) mass is 399 g/mol. The van der Waals surface area contributed by atoms with E-state index in [1.807, 2.05) is 42.5 Å². The first-order valence-corrected chi connectivity index (χ1v) is 9.66. The minimum Gasteiger partial charge on any atom is -0.487 e. The Balaban J connectivity index is 1.74. The summed E-state index contributed by atoms with van der Waals surface area (Å²) in [4.78, 5) is 22.4. The average Bonchev–Trinajstić information content (AvgIpc) is 2.77. The maximum Gasteiger partial charge on any atom is 0.219 e. The lowest BCUT2D eigenvalue weighted by Crippen LogP contribution is -2.35. The third-order valence-corrected chi connectivity index (χ3v) is 5.17. The van der Waals surface area contributed by atoms with E-state index in [0.29, 0.717) is 43.0 Å². The van der Waals surface area contributed by atoms with Crippen molar-refractivity contribution in [1.82, 2.24) is 14.9 Å². The molecule has 7 nitrogen and oxygen atoms in total. The number of nitrogens with zero attached hydrogens (tertiary/aromatic N) is 4. The second-order valence-corrected chi connectivity index (χ2v) is 7.11. The molecule has 0 radical (unpaired) electrons. The van der Waals surface area contributed by atoms with Crippen molar-refractivity contribution >= 4 is 11.7 Å². The van der Waals surface area contributed by atoms with Crippen LogP contribution in [0, 0.1) is 11.3 Å². The molecule has 3 heterocycles. The van der Waals surface area contributed by atoms with Gasteiger partial charge in [-0.3, -0.25) is 9.78 Å². The molecule has 1 amide bonds. The fraction of sp³-hybridized carbons (Fsp3) is 0.217. The van der Waals surface area contributed by atoms with Crippen LogP contribution >= 0.6 is 0 Å². The number of nitrogen functional groups attached to an aromatic ring is 1. The molecule has 3 aromatic rings. The van der Waals surface area contributed by atoms with Crippen LogP contribution in [0.25, 0.3) is 11.1 Å². The number of hydrogen-bond acceptors (Lipinski definition) is 6. The summed E-state index contributed by atoms with van der Waals surface area (Å²) in [6, 6.07) is 15.4. The number of amides is 1. The molecule has 1 aliphatic heterocycles. The van der Waals surface area contributed by atoms with Gasteiger partial charge >= 0.3 is 0 Å². The van der Waals surface area contributed by atoms with Gasteiger partial charge in [0.2, 0.25) is 5.91 Å². The fourth-order valence-electron chi connectivity index (χ4n) is 3.66. The van der Waals surface area contributed by atoms with E-state index in [4.69, 9.17) is 10.5 Å². The van der Waals surface area contributed by atoms with Gasteiger partial charge in [0.25, 0.3) is 0 Å². The molecule has 0 unspecified atom stereocenters. The molecule has 2 aromatic heterocycles. The van der Waals surface area contributed by atoms with E-state index < -0.39 is 0 Å². The van der Waals surface area contributed by atoms with Crippen molar-refractivity contribution in [2.75, 3.05) is 12.3 Å². The molecule has 2 N–H and O–H groups in total. The number of hydrogen-bond donors (Lipinski definition) is 1. The van der Waals surface area contributed by atoms with Crippen LogP contribution in [0.1, 0.15) is 29.4 Å². The Kier molecular flexibility index (Phi) is 5.31. The van der Waals surface area contributed by atoms with E-state index in [9.17, 15) is 10.1 Å². The number of aromatic nitrogens is 2. The van der Waals surface area contributed by atoms with Gasteiger partial charge in [0.05, 0.1) is 11.4 Å². The van der Waals surface area contributed by atoms with Gasteiger partial charge in [-0.25, -0.2) is 4.98 Å². The number of carbonyl (C=O) groups is 1. The predicted molar refractivity (Wildman–Crippen MR) is 112 cm³/mol. The summed E-state index contributed by atoms with van der Waals surface area (Å²) < 4.78 is 5.90. The maximum absolute atomic E-state index is 11.9. The molecular weight excluding hydrogens is 378 g/mol. The van der Waals surface area contributed by atoms with Crippen LogP contribution in [0.3, 0.4) is 0 Å². The van der Waals surface area contributed by atoms with Gasteiger partial charge in [0, 0.05) is 43.8 Å². The summed E-state index contributed by atoms with van der Waals surface area (Å²) in [6.07, 6.45) is 2.33. The molecule has 0 bridgehead atoms. The number of fused-ring (bicyclic) bond motifs is 1. The minimum absolute atomic E-state index is 0.00521.